The molecule has 0 saturated heterocycles. The Morgan fingerprint density at radius 2 is 1.00 bits per heavy atom. The third kappa shape index (κ3) is 6.82. The molecule has 3 heteroatoms. The Morgan fingerprint density at radius 3 is 1.32 bits per heavy atom. The van der Waals surface area contributed by atoms with Crippen LogP contribution in [0.3, 0.4) is 0 Å². The molecule has 0 aromatic heterocycles. The molecule has 25 heavy (non-hydrogen) atoms. The number of allylic oxidation sites excluding steroid dienone is 8. The van der Waals surface area contributed by atoms with Crippen molar-refractivity contribution in [3.63, 3.8) is 0 Å². The molecule has 0 N–H and O–H groups in total. The van der Waals surface area contributed by atoms with E-state index in [1.165, 1.54) is 64.2 Å². The average molecular weight is 461 g/mol. The third-order valence-corrected chi connectivity index (χ3v) is 8.92. The van der Waals surface area contributed by atoms with Crippen LogP contribution < -0.4 is 24.8 Å². The molecular formula is C22H34Cl2Zr. The van der Waals surface area contributed by atoms with Gasteiger partial charge in [0.15, 0.2) is 0 Å². The van der Waals surface area contributed by atoms with Crippen molar-refractivity contribution in [1.29, 1.82) is 0 Å². The zero-order valence-electron chi connectivity index (χ0n) is 16.5. The zero-order valence-corrected chi connectivity index (χ0v) is 20.5. The number of hydrogen-bond donors (Lipinski definition) is 0. The van der Waals surface area contributed by atoms with Crippen LogP contribution in [0.25, 0.3) is 0 Å². The van der Waals surface area contributed by atoms with Crippen molar-refractivity contribution in [2.24, 2.45) is 0 Å². The molecule has 0 nitrogen and oxygen atoms in total. The maximum atomic E-state index is 2.57. The summed E-state index contributed by atoms with van der Waals surface area (Å²) >= 11 is -0.541. The predicted octanol–water partition coefficient (Wildman–Crippen LogP) is 1.45. The van der Waals surface area contributed by atoms with Gasteiger partial charge in [0.2, 0.25) is 0 Å². The molecule has 0 bridgehead atoms. The summed E-state index contributed by atoms with van der Waals surface area (Å²) in [5.41, 5.74) is 7.02. The van der Waals surface area contributed by atoms with Crippen LogP contribution in [0.2, 0.25) is 0 Å². The summed E-state index contributed by atoms with van der Waals surface area (Å²) in [7, 11) is 0. The maximum absolute atomic E-state index is 2.57. The van der Waals surface area contributed by atoms with Gasteiger partial charge in [-0.1, -0.05) is 0 Å². The minimum absolute atomic E-state index is 0. The van der Waals surface area contributed by atoms with Gasteiger partial charge in [-0.2, -0.15) is 0 Å². The van der Waals surface area contributed by atoms with E-state index in [0.717, 1.165) is 0 Å². The quantitative estimate of drug-likeness (QED) is 0.463. The molecule has 0 aliphatic heterocycles. The van der Waals surface area contributed by atoms with E-state index in [0.29, 0.717) is 0 Å². The van der Waals surface area contributed by atoms with E-state index < -0.39 is 23.2 Å². The standard InChI is InChI=1S/2C11H17.2ClH.Zr/c2*1-3-6-10-8-5-9-11(10)7-4-2;;;/h2*8H,3-7H2,1-2H3;2*1H;/q;;;;+2/p-2. The fourth-order valence-corrected chi connectivity index (χ4v) is 7.98. The number of halogens is 2. The van der Waals surface area contributed by atoms with Crippen molar-refractivity contribution >= 4 is 0 Å². The van der Waals surface area contributed by atoms with Gasteiger partial charge in [0.1, 0.15) is 0 Å². The van der Waals surface area contributed by atoms with E-state index in [4.69, 9.17) is 0 Å². The van der Waals surface area contributed by atoms with E-state index in [1.807, 2.05) is 6.56 Å². The molecule has 0 unspecified atom stereocenters. The molecule has 140 valence electrons. The average Bonchev–Trinajstić information content (AvgIpc) is 3.09. The second-order valence-corrected chi connectivity index (χ2v) is 10.5. The smallest absolute Gasteiger partial charge is 1.00 e. The monoisotopic (exact) mass is 458 g/mol. The Bertz CT molecular complexity index is 490. The third-order valence-electron chi connectivity index (χ3n) is 4.95. The van der Waals surface area contributed by atoms with Crippen LogP contribution in [0.4, 0.5) is 0 Å². The van der Waals surface area contributed by atoms with Gasteiger partial charge in [-0.05, 0) is 0 Å². The van der Waals surface area contributed by atoms with Crippen molar-refractivity contribution in [2.45, 2.75) is 91.9 Å². The summed E-state index contributed by atoms with van der Waals surface area (Å²) in [4.78, 5) is 0. The van der Waals surface area contributed by atoms with Gasteiger partial charge in [0.05, 0.1) is 0 Å². The summed E-state index contributed by atoms with van der Waals surface area (Å²) < 4.78 is 3.82. The summed E-state index contributed by atoms with van der Waals surface area (Å²) in [6, 6.07) is 0. The van der Waals surface area contributed by atoms with Crippen molar-refractivity contribution < 1.29 is 48.0 Å². The largest absolute Gasteiger partial charge is 1.00 e. The van der Waals surface area contributed by atoms with Crippen LogP contribution in [0.5, 0.6) is 0 Å². The molecule has 0 amide bonds. The molecule has 0 saturated carbocycles. The molecule has 2 rings (SSSR count). The SMILES string of the molecule is CCCC1=CC[C]([Zr+2][C]2=C(CCC)C(CCC)=CC2)=C1CCC.[Cl-].[Cl-]. The van der Waals surface area contributed by atoms with Crippen molar-refractivity contribution in [2.75, 3.05) is 0 Å². The van der Waals surface area contributed by atoms with Gasteiger partial charge in [0.25, 0.3) is 0 Å². The zero-order chi connectivity index (χ0) is 16.7. The van der Waals surface area contributed by atoms with Gasteiger partial charge in [-0.15, -0.1) is 0 Å². The van der Waals surface area contributed by atoms with Crippen molar-refractivity contribution in [1.82, 2.24) is 0 Å². The van der Waals surface area contributed by atoms with E-state index in [2.05, 4.69) is 39.8 Å². The molecule has 0 heterocycles. The Hall–Kier alpha value is 0.423. The van der Waals surface area contributed by atoms with Crippen LogP contribution in [0.15, 0.2) is 41.0 Å². The van der Waals surface area contributed by atoms with Crippen LogP contribution >= 0.6 is 0 Å². The molecule has 0 radical (unpaired) electrons. The van der Waals surface area contributed by atoms with Gasteiger partial charge in [0, 0.05) is 0 Å². The molecule has 0 fully saturated rings. The normalized spacial score (nSPS) is 16.3. The van der Waals surface area contributed by atoms with Crippen LogP contribution in [-0.2, 0) is 23.2 Å². The Labute approximate surface area is 180 Å². The van der Waals surface area contributed by atoms with Crippen LogP contribution in [0, 0.1) is 0 Å². The topological polar surface area (TPSA) is 0 Å². The molecule has 2 aliphatic carbocycles. The number of hydrogen-bond acceptors (Lipinski definition) is 0. The van der Waals surface area contributed by atoms with Crippen molar-refractivity contribution in [3.8, 4) is 0 Å². The first-order valence-electron chi connectivity index (χ1n) is 9.84. The molecule has 0 atom stereocenters. The Morgan fingerprint density at radius 1 is 0.640 bits per heavy atom. The van der Waals surface area contributed by atoms with E-state index in [-0.39, 0.29) is 24.8 Å². The van der Waals surface area contributed by atoms with Gasteiger partial charge in [-0.25, -0.2) is 0 Å². The summed E-state index contributed by atoms with van der Waals surface area (Å²) in [5, 5.41) is 0. The molecular weight excluding hydrogens is 426 g/mol. The fraction of sp³-hybridized carbons (Fsp3) is 0.636. The molecule has 0 aromatic carbocycles. The second kappa shape index (κ2) is 13.6. The predicted molar refractivity (Wildman–Crippen MR) is 99.1 cm³/mol. The number of rotatable bonds is 10. The summed E-state index contributed by atoms with van der Waals surface area (Å²) in [6.07, 6.45) is 18.2. The first-order valence-corrected chi connectivity index (χ1v) is 12.3. The molecule has 2 aliphatic rings. The minimum Gasteiger partial charge on any atom is -1.00 e. The van der Waals surface area contributed by atoms with Gasteiger partial charge in [-0.3, -0.25) is 0 Å². The Balaban J connectivity index is 0.00000288. The fourth-order valence-electron chi connectivity index (χ4n) is 3.93. The molecule has 0 aromatic rings. The van der Waals surface area contributed by atoms with Crippen LogP contribution in [0.1, 0.15) is 91.9 Å². The van der Waals surface area contributed by atoms with Crippen molar-refractivity contribution in [3.05, 3.63) is 41.0 Å². The minimum atomic E-state index is -0.541. The summed E-state index contributed by atoms with van der Waals surface area (Å²) in [5.74, 6) is 0. The van der Waals surface area contributed by atoms with E-state index >= 15 is 0 Å². The first-order chi connectivity index (χ1) is 11.2. The first kappa shape index (κ1) is 25.4. The molecule has 0 spiro atoms. The maximum Gasteiger partial charge on any atom is -1.00 e. The van der Waals surface area contributed by atoms with E-state index in [1.54, 1.807) is 22.3 Å². The summed E-state index contributed by atoms with van der Waals surface area (Å²) in [6.45, 7) is 9.33. The Kier molecular flexibility index (Phi) is 13.8. The van der Waals surface area contributed by atoms with Gasteiger partial charge >= 0.3 is 156 Å². The van der Waals surface area contributed by atoms with Crippen LogP contribution in [-0.4, -0.2) is 0 Å². The second-order valence-electron chi connectivity index (χ2n) is 6.91. The van der Waals surface area contributed by atoms with Gasteiger partial charge < -0.3 is 24.8 Å². The van der Waals surface area contributed by atoms with E-state index in [9.17, 15) is 0 Å².